The van der Waals surface area contributed by atoms with Crippen LogP contribution in [0.5, 0.6) is 0 Å². The Morgan fingerprint density at radius 2 is 2.09 bits per heavy atom. The van der Waals surface area contributed by atoms with Crippen LogP contribution in [0, 0.1) is 5.92 Å². The van der Waals surface area contributed by atoms with E-state index in [1.165, 1.54) is 0 Å². The van der Waals surface area contributed by atoms with Crippen LogP contribution in [0.3, 0.4) is 0 Å². The maximum Gasteiger partial charge on any atom is 0.340 e. The molecule has 0 radical (unpaired) electrons. The summed E-state index contributed by atoms with van der Waals surface area (Å²) in [4.78, 5) is 12.3. The van der Waals surface area contributed by atoms with Crippen molar-refractivity contribution in [3.8, 4) is 0 Å². The molecule has 2 aliphatic heterocycles. The topological polar surface area (TPSA) is 48.1 Å². The van der Waals surface area contributed by atoms with Crippen LogP contribution >= 0.6 is 11.6 Å². The molecule has 4 nitrogen and oxygen atoms in total. The molecule has 1 saturated heterocycles. The number of ether oxygens (including phenoxy) is 3. The van der Waals surface area contributed by atoms with Crippen molar-refractivity contribution in [1.29, 1.82) is 0 Å². The molecular weight excluding hydrogens is 304 g/mol. The highest BCUT2D eigenvalue weighted by molar-refractivity contribution is 6.18. The van der Waals surface area contributed by atoms with E-state index in [0.29, 0.717) is 11.3 Å². The number of benzene rings is 1. The number of methoxy groups -OCH3 is 1. The van der Waals surface area contributed by atoms with Crippen LogP contribution in [0.15, 0.2) is 53.8 Å². The van der Waals surface area contributed by atoms with Crippen molar-refractivity contribution in [2.24, 2.45) is 5.92 Å². The van der Waals surface area contributed by atoms with Crippen LogP contribution in [-0.4, -0.2) is 31.2 Å². The number of rotatable bonds is 3. The van der Waals surface area contributed by atoms with Crippen molar-refractivity contribution in [2.75, 3.05) is 13.0 Å². The molecule has 0 N–H and O–H groups in total. The molecule has 114 valence electrons. The van der Waals surface area contributed by atoms with Gasteiger partial charge in [0.05, 0.1) is 11.7 Å². The van der Waals surface area contributed by atoms with Gasteiger partial charge in [0.25, 0.3) is 0 Å². The first-order chi connectivity index (χ1) is 10.6. The smallest absolute Gasteiger partial charge is 0.340 e. The minimum absolute atomic E-state index is 0.186. The van der Waals surface area contributed by atoms with E-state index < -0.39 is 11.6 Å². The predicted molar refractivity (Wildman–Crippen MR) is 80.3 cm³/mol. The third-order valence-corrected chi connectivity index (χ3v) is 5.05. The monoisotopic (exact) mass is 318 g/mol. The molecular formula is C17H15ClO4. The van der Waals surface area contributed by atoms with Gasteiger partial charge in [0, 0.05) is 24.5 Å². The zero-order chi connectivity index (χ0) is 15.5. The van der Waals surface area contributed by atoms with Gasteiger partial charge < -0.3 is 14.2 Å². The van der Waals surface area contributed by atoms with E-state index in [1.54, 1.807) is 7.11 Å². The lowest BCUT2D eigenvalue weighted by molar-refractivity contribution is -0.134. The molecule has 0 saturated carbocycles. The molecule has 4 rings (SSSR count). The summed E-state index contributed by atoms with van der Waals surface area (Å²) in [6.07, 6.45) is -0.469. The van der Waals surface area contributed by atoms with E-state index in [0.717, 1.165) is 11.1 Å². The van der Waals surface area contributed by atoms with Gasteiger partial charge in [0.15, 0.2) is 5.60 Å². The van der Waals surface area contributed by atoms with Gasteiger partial charge in [-0.05, 0) is 5.56 Å². The minimum Gasteiger partial charge on any atom is -0.423 e. The summed E-state index contributed by atoms with van der Waals surface area (Å²) < 4.78 is 17.0. The summed E-state index contributed by atoms with van der Waals surface area (Å²) >= 11 is 6.10. The molecule has 0 bridgehead atoms. The first kappa shape index (κ1) is 14.0. The van der Waals surface area contributed by atoms with E-state index in [1.807, 2.05) is 30.3 Å². The number of epoxide rings is 1. The highest BCUT2D eigenvalue weighted by Crippen LogP contribution is 2.63. The third kappa shape index (κ3) is 1.57. The van der Waals surface area contributed by atoms with Crippen LogP contribution in [0.2, 0.25) is 0 Å². The van der Waals surface area contributed by atoms with Crippen molar-refractivity contribution < 1.29 is 19.0 Å². The molecule has 4 atom stereocenters. The summed E-state index contributed by atoms with van der Waals surface area (Å²) in [6.45, 7) is 3.89. The predicted octanol–water partition coefficient (Wildman–Crippen LogP) is 2.53. The minimum atomic E-state index is -0.705. The number of fused-ring (bicyclic) bond motifs is 2. The Morgan fingerprint density at radius 1 is 1.36 bits per heavy atom. The van der Waals surface area contributed by atoms with E-state index in [-0.39, 0.29) is 24.0 Å². The number of carbonyl (C=O) groups is 1. The number of carbonyl (C=O) groups excluding carboxylic acids is 1. The van der Waals surface area contributed by atoms with Gasteiger partial charge in [-0.25, -0.2) is 4.79 Å². The lowest BCUT2D eigenvalue weighted by Crippen LogP contribution is -2.40. The third-order valence-electron chi connectivity index (χ3n) is 4.72. The van der Waals surface area contributed by atoms with Gasteiger partial charge in [-0.3, -0.25) is 0 Å². The summed E-state index contributed by atoms with van der Waals surface area (Å²) in [5, 5.41) is 0. The number of hydrogen-bond acceptors (Lipinski definition) is 4. The Hall–Kier alpha value is -1.62. The van der Waals surface area contributed by atoms with Crippen LogP contribution < -0.4 is 0 Å². The average Bonchev–Trinajstić information content (AvgIpc) is 3.22. The summed E-state index contributed by atoms with van der Waals surface area (Å²) in [5.41, 5.74) is 1.54. The van der Waals surface area contributed by atoms with Crippen LogP contribution in [0.4, 0.5) is 0 Å². The standard InChI is InChI=1S/C17H15ClO4/c1-9-13-12(16(19)21-9)11(8-18)14(20-2)15-17(13,22-15)10-6-4-3-5-7-10/h3-7,11,14-15H,1,8H2,2H3/t11-,14-,15-,17+/m1/s1. The number of hydrogen-bond donors (Lipinski definition) is 0. The SMILES string of the molecule is C=C1OC(=O)C2=C1[C@]1(c3ccccc3)O[C@@H]1[C@H](OC)[C@@H]2CCl. The number of halogens is 1. The molecule has 1 aromatic carbocycles. The van der Waals surface area contributed by atoms with Gasteiger partial charge in [-0.1, -0.05) is 36.9 Å². The summed E-state index contributed by atoms with van der Waals surface area (Å²) in [5.74, 6) is -0.0181. The maximum atomic E-state index is 12.3. The van der Waals surface area contributed by atoms with E-state index >= 15 is 0 Å². The first-order valence-electron chi connectivity index (χ1n) is 7.13. The zero-order valence-corrected chi connectivity index (χ0v) is 12.8. The molecule has 0 spiro atoms. The molecule has 0 unspecified atom stereocenters. The largest absolute Gasteiger partial charge is 0.423 e. The second-order valence-corrected chi connectivity index (χ2v) is 6.01. The first-order valence-corrected chi connectivity index (χ1v) is 7.66. The van der Waals surface area contributed by atoms with Crippen molar-refractivity contribution in [2.45, 2.75) is 17.8 Å². The number of esters is 1. The van der Waals surface area contributed by atoms with Crippen LogP contribution in [0.25, 0.3) is 0 Å². The second kappa shape index (κ2) is 4.69. The Labute approximate surface area is 133 Å². The highest BCUT2D eigenvalue weighted by atomic mass is 35.5. The molecule has 1 fully saturated rings. The quantitative estimate of drug-likeness (QED) is 0.488. The second-order valence-electron chi connectivity index (χ2n) is 5.70. The van der Waals surface area contributed by atoms with Crippen LogP contribution in [-0.2, 0) is 24.6 Å². The van der Waals surface area contributed by atoms with Crippen molar-refractivity contribution >= 4 is 17.6 Å². The van der Waals surface area contributed by atoms with E-state index in [2.05, 4.69) is 6.58 Å². The Kier molecular flexibility index (Phi) is 2.98. The normalized spacial score (nSPS) is 36.0. The molecule has 22 heavy (non-hydrogen) atoms. The van der Waals surface area contributed by atoms with Gasteiger partial charge in [-0.2, -0.15) is 0 Å². The fourth-order valence-corrected chi connectivity index (χ4v) is 4.10. The van der Waals surface area contributed by atoms with E-state index in [9.17, 15) is 4.79 Å². The molecule has 5 heteroatoms. The average molecular weight is 319 g/mol. The Bertz CT molecular complexity index is 696. The summed E-state index contributed by atoms with van der Waals surface area (Å²) in [6, 6.07) is 9.79. The molecule has 0 aromatic heterocycles. The number of alkyl halides is 1. The highest BCUT2D eigenvalue weighted by Gasteiger charge is 2.71. The molecule has 0 amide bonds. The van der Waals surface area contributed by atoms with Crippen LogP contribution in [0.1, 0.15) is 5.56 Å². The van der Waals surface area contributed by atoms with Gasteiger partial charge in [0.1, 0.15) is 11.9 Å². The van der Waals surface area contributed by atoms with Crippen molar-refractivity contribution in [3.05, 3.63) is 59.4 Å². The van der Waals surface area contributed by atoms with Gasteiger partial charge in [0.2, 0.25) is 0 Å². The van der Waals surface area contributed by atoms with Gasteiger partial charge in [-0.15, -0.1) is 11.6 Å². The van der Waals surface area contributed by atoms with Crippen molar-refractivity contribution in [1.82, 2.24) is 0 Å². The maximum absolute atomic E-state index is 12.3. The zero-order valence-electron chi connectivity index (χ0n) is 12.0. The Balaban J connectivity index is 1.95. The lowest BCUT2D eigenvalue weighted by atomic mass is 9.73. The summed E-state index contributed by atoms with van der Waals surface area (Å²) in [7, 11) is 1.61. The van der Waals surface area contributed by atoms with E-state index in [4.69, 9.17) is 25.8 Å². The Morgan fingerprint density at radius 3 is 2.73 bits per heavy atom. The fraction of sp³-hybridized carbons (Fsp3) is 0.353. The molecule has 2 heterocycles. The van der Waals surface area contributed by atoms with Gasteiger partial charge >= 0.3 is 5.97 Å². The number of cyclic esters (lactones) is 1. The molecule has 1 aromatic rings. The molecule has 1 aliphatic carbocycles. The fourth-order valence-electron chi connectivity index (χ4n) is 3.77. The molecule has 3 aliphatic rings. The van der Waals surface area contributed by atoms with Crippen molar-refractivity contribution in [3.63, 3.8) is 0 Å². The lowest BCUT2D eigenvalue weighted by Gasteiger charge is -2.30.